The van der Waals surface area contributed by atoms with Gasteiger partial charge in [0, 0.05) is 25.9 Å². The van der Waals surface area contributed by atoms with E-state index in [2.05, 4.69) is 0 Å². The normalized spacial score (nSPS) is 17.9. The molecule has 0 atom stereocenters. The van der Waals surface area contributed by atoms with E-state index in [1.54, 1.807) is 4.90 Å². The smallest absolute Gasteiger partial charge is 0.404 e. The quantitative estimate of drug-likeness (QED) is 0.604. The first-order valence-electron chi connectivity index (χ1n) is 4.48. The van der Waals surface area contributed by atoms with Gasteiger partial charge in [0.1, 0.15) is 12.7 Å². The van der Waals surface area contributed by atoms with Crippen LogP contribution >= 0.6 is 0 Å². The van der Waals surface area contributed by atoms with Crippen LogP contribution in [0.15, 0.2) is 0 Å². The third-order valence-electron chi connectivity index (χ3n) is 2.21. The van der Waals surface area contributed by atoms with Crippen LogP contribution in [0.4, 0.5) is 4.79 Å². The standard InChI is InChI=1S/C8H14N2O4/c9-8(13)14-6-1-3-10(4-2-6)7(12)5-11/h6,11H,1-5H2,(H2,9,13). The molecule has 0 radical (unpaired) electrons. The maximum atomic E-state index is 11.0. The van der Waals surface area contributed by atoms with Gasteiger partial charge in [0.2, 0.25) is 5.91 Å². The SMILES string of the molecule is NC(=O)OC1CCN(C(=O)CO)CC1. The number of aliphatic hydroxyl groups is 1. The number of likely N-dealkylation sites (tertiary alicyclic amines) is 1. The van der Waals surface area contributed by atoms with Gasteiger partial charge in [-0.1, -0.05) is 0 Å². The van der Waals surface area contributed by atoms with Crippen molar-refractivity contribution in [1.82, 2.24) is 4.90 Å². The number of hydrogen-bond donors (Lipinski definition) is 2. The molecule has 1 aliphatic heterocycles. The van der Waals surface area contributed by atoms with E-state index in [1.807, 2.05) is 0 Å². The van der Waals surface area contributed by atoms with E-state index < -0.39 is 12.7 Å². The number of hydrogen-bond acceptors (Lipinski definition) is 4. The van der Waals surface area contributed by atoms with Gasteiger partial charge in [-0.25, -0.2) is 4.79 Å². The van der Waals surface area contributed by atoms with Gasteiger partial charge in [0.05, 0.1) is 0 Å². The van der Waals surface area contributed by atoms with Crippen molar-refractivity contribution in [2.75, 3.05) is 19.7 Å². The zero-order chi connectivity index (χ0) is 10.6. The van der Waals surface area contributed by atoms with Crippen molar-refractivity contribution in [3.8, 4) is 0 Å². The molecule has 6 heteroatoms. The molecule has 1 heterocycles. The van der Waals surface area contributed by atoms with Crippen LogP contribution < -0.4 is 5.73 Å². The number of ether oxygens (including phenoxy) is 1. The molecule has 0 aromatic heterocycles. The van der Waals surface area contributed by atoms with E-state index >= 15 is 0 Å². The van der Waals surface area contributed by atoms with Crippen LogP contribution in [0.25, 0.3) is 0 Å². The maximum absolute atomic E-state index is 11.0. The molecule has 0 saturated carbocycles. The van der Waals surface area contributed by atoms with Crippen molar-refractivity contribution in [1.29, 1.82) is 0 Å². The lowest BCUT2D eigenvalue weighted by atomic mass is 10.1. The lowest BCUT2D eigenvalue weighted by Crippen LogP contribution is -2.43. The van der Waals surface area contributed by atoms with E-state index in [4.69, 9.17) is 15.6 Å². The highest BCUT2D eigenvalue weighted by Crippen LogP contribution is 2.13. The lowest BCUT2D eigenvalue weighted by Gasteiger charge is -2.30. The predicted octanol–water partition coefficient (Wildman–Crippen LogP) is -0.935. The van der Waals surface area contributed by atoms with E-state index in [0.29, 0.717) is 25.9 Å². The molecule has 14 heavy (non-hydrogen) atoms. The highest BCUT2D eigenvalue weighted by molar-refractivity contribution is 5.77. The van der Waals surface area contributed by atoms with Crippen LogP contribution in [0, 0.1) is 0 Å². The Balaban J connectivity index is 2.31. The summed E-state index contributed by atoms with van der Waals surface area (Å²) in [6.07, 6.45) is 0.177. The van der Waals surface area contributed by atoms with Crippen LogP contribution in [-0.4, -0.2) is 47.8 Å². The fourth-order valence-corrected chi connectivity index (χ4v) is 1.49. The highest BCUT2D eigenvalue weighted by atomic mass is 16.6. The molecule has 0 bridgehead atoms. The van der Waals surface area contributed by atoms with Crippen molar-refractivity contribution in [3.63, 3.8) is 0 Å². The molecule has 2 amide bonds. The molecule has 6 nitrogen and oxygen atoms in total. The van der Waals surface area contributed by atoms with Crippen molar-refractivity contribution in [2.45, 2.75) is 18.9 Å². The average molecular weight is 202 g/mol. The number of carbonyl (C=O) groups is 2. The first-order chi connectivity index (χ1) is 6.63. The van der Waals surface area contributed by atoms with Gasteiger partial charge in [-0.3, -0.25) is 4.79 Å². The molecule has 3 N–H and O–H groups in total. The minimum Gasteiger partial charge on any atom is -0.446 e. The van der Waals surface area contributed by atoms with Gasteiger partial charge in [0.15, 0.2) is 0 Å². The fraction of sp³-hybridized carbons (Fsp3) is 0.750. The first kappa shape index (κ1) is 10.8. The molecule has 0 aromatic carbocycles. The predicted molar refractivity (Wildman–Crippen MR) is 47.4 cm³/mol. The number of aliphatic hydroxyl groups excluding tert-OH is 1. The van der Waals surface area contributed by atoms with Gasteiger partial charge in [-0.2, -0.15) is 0 Å². The van der Waals surface area contributed by atoms with E-state index in [1.165, 1.54) is 0 Å². The number of primary amides is 1. The van der Waals surface area contributed by atoms with E-state index in [-0.39, 0.29) is 12.0 Å². The Kier molecular flexibility index (Phi) is 3.70. The van der Waals surface area contributed by atoms with Gasteiger partial charge in [0.25, 0.3) is 0 Å². The van der Waals surface area contributed by atoms with Crippen LogP contribution in [0.5, 0.6) is 0 Å². The molecule has 0 unspecified atom stereocenters. The molecule has 1 aliphatic rings. The zero-order valence-corrected chi connectivity index (χ0v) is 7.81. The first-order valence-corrected chi connectivity index (χ1v) is 4.48. The molecule has 1 saturated heterocycles. The second-order valence-electron chi connectivity index (χ2n) is 3.18. The number of carbonyl (C=O) groups excluding carboxylic acids is 2. The van der Waals surface area contributed by atoms with Crippen LogP contribution in [0.3, 0.4) is 0 Å². The van der Waals surface area contributed by atoms with E-state index in [0.717, 1.165) is 0 Å². The summed E-state index contributed by atoms with van der Waals surface area (Å²) in [5.41, 5.74) is 4.86. The van der Waals surface area contributed by atoms with E-state index in [9.17, 15) is 9.59 Å². The fourth-order valence-electron chi connectivity index (χ4n) is 1.49. The summed E-state index contributed by atoms with van der Waals surface area (Å²) in [6, 6.07) is 0. The van der Waals surface area contributed by atoms with Crippen molar-refractivity contribution < 1.29 is 19.4 Å². The van der Waals surface area contributed by atoms with Crippen molar-refractivity contribution in [2.24, 2.45) is 5.73 Å². The van der Waals surface area contributed by atoms with Crippen LogP contribution in [0.1, 0.15) is 12.8 Å². The number of rotatable bonds is 2. The summed E-state index contributed by atoms with van der Waals surface area (Å²) in [7, 11) is 0. The summed E-state index contributed by atoms with van der Waals surface area (Å²) in [4.78, 5) is 23.0. The molecular weight excluding hydrogens is 188 g/mol. The highest BCUT2D eigenvalue weighted by Gasteiger charge is 2.23. The third-order valence-corrected chi connectivity index (χ3v) is 2.21. The minimum atomic E-state index is -0.781. The Morgan fingerprint density at radius 1 is 1.43 bits per heavy atom. The lowest BCUT2D eigenvalue weighted by molar-refractivity contribution is -0.136. The third kappa shape index (κ3) is 2.88. The molecule has 0 aromatic rings. The summed E-state index contributed by atoms with van der Waals surface area (Å²) < 4.78 is 4.79. The van der Waals surface area contributed by atoms with Gasteiger partial charge in [-0.05, 0) is 0 Å². The molecule has 1 fully saturated rings. The summed E-state index contributed by atoms with van der Waals surface area (Å²) >= 11 is 0. The molecule has 0 spiro atoms. The minimum absolute atomic E-state index is 0.199. The van der Waals surface area contributed by atoms with Gasteiger partial charge < -0.3 is 20.5 Å². The number of nitrogens with zero attached hydrogens (tertiary/aromatic N) is 1. The van der Waals surface area contributed by atoms with Gasteiger partial charge in [-0.15, -0.1) is 0 Å². The molecular formula is C8H14N2O4. The average Bonchev–Trinajstić information content (AvgIpc) is 2.17. The topological polar surface area (TPSA) is 92.9 Å². The number of piperidine rings is 1. The van der Waals surface area contributed by atoms with Crippen molar-refractivity contribution >= 4 is 12.0 Å². The maximum Gasteiger partial charge on any atom is 0.404 e. The second-order valence-corrected chi connectivity index (χ2v) is 3.18. The molecule has 0 aliphatic carbocycles. The molecule has 80 valence electrons. The Morgan fingerprint density at radius 2 is 2.00 bits per heavy atom. The Bertz CT molecular complexity index is 223. The van der Waals surface area contributed by atoms with Crippen LogP contribution in [0.2, 0.25) is 0 Å². The summed E-state index contributed by atoms with van der Waals surface area (Å²) in [6.45, 7) is 0.524. The summed E-state index contributed by atoms with van der Waals surface area (Å²) in [5, 5.41) is 8.60. The van der Waals surface area contributed by atoms with Crippen LogP contribution in [-0.2, 0) is 9.53 Å². The zero-order valence-electron chi connectivity index (χ0n) is 7.81. The van der Waals surface area contributed by atoms with Gasteiger partial charge >= 0.3 is 6.09 Å². The summed E-state index contributed by atoms with van der Waals surface area (Å²) in [5.74, 6) is -0.289. The monoisotopic (exact) mass is 202 g/mol. The Hall–Kier alpha value is -1.30. The largest absolute Gasteiger partial charge is 0.446 e. The second kappa shape index (κ2) is 4.80. The number of nitrogens with two attached hydrogens (primary N) is 1. The van der Waals surface area contributed by atoms with Crippen molar-refractivity contribution in [3.05, 3.63) is 0 Å². The molecule has 1 rings (SSSR count). The Labute approximate surface area is 81.6 Å². The number of amides is 2. The Morgan fingerprint density at radius 3 is 2.43 bits per heavy atom.